The maximum Gasteiger partial charge on any atom is 0.261 e. The van der Waals surface area contributed by atoms with E-state index < -0.39 is 5.92 Å². The molecule has 1 amide bonds. The van der Waals surface area contributed by atoms with Crippen molar-refractivity contribution in [2.45, 2.75) is 20.3 Å². The number of amides is 1. The van der Waals surface area contributed by atoms with Crippen molar-refractivity contribution in [3.05, 3.63) is 11.8 Å². The van der Waals surface area contributed by atoms with Crippen molar-refractivity contribution in [2.24, 2.45) is 5.92 Å². The summed E-state index contributed by atoms with van der Waals surface area (Å²) < 4.78 is 1.27. The molecular weight excluding hydrogens is 182 g/mol. The van der Waals surface area contributed by atoms with Gasteiger partial charge in [0.15, 0.2) is 0 Å². The quantitative estimate of drug-likeness (QED) is 0.671. The number of aromatic nitrogens is 2. The van der Waals surface area contributed by atoms with Crippen molar-refractivity contribution in [1.82, 2.24) is 9.78 Å². The van der Waals surface area contributed by atoms with Crippen LogP contribution in [0.15, 0.2) is 6.20 Å². The molecule has 0 bridgehead atoms. The molecule has 14 heavy (non-hydrogen) atoms. The Morgan fingerprint density at radius 1 is 1.57 bits per heavy atom. The Morgan fingerprint density at radius 3 is 2.93 bits per heavy atom. The molecule has 0 saturated heterocycles. The van der Waals surface area contributed by atoms with Gasteiger partial charge in [-0.05, 0) is 13.3 Å². The molecule has 1 atom stereocenters. The average molecular weight is 193 g/mol. The van der Waals surface area contributed by atoms with Gasteiger partial charge >= 0.3 is 0 Å². The summed E-state index contributed by atoms with van der Waals surface area (Å²) >= 11 is 0. The van der Waals surface area contributed by atoms with Crippen LogP contribution in [0.1, 0.15) is 23.7 Å². The number of nitrogens with one attached hydrogen (secondary N) is 1. The fourth-order valence-corrected chi connectivity index (χ4v) is 1.57. The normalized spacial score (nSPS) is 20.6. The lowest BCUT2D eigenvalue weighted by atomic mass is 10.0. The first-order chi connectivity index (χ1) is 6.65. The van der Waals surface area contributed by atoms with Gasteiger partial charge in [0.05, 0.1) is 6.20 Å². The summed E-state index contributed by atoms with van der Waals surface area (Å²) in [6.07, 6.45) is 2.08. The molecular formula is C9H11N3O2. The predicted molar refractivity (Wildman–Crippen MR) is 50.0 cm³/mol. The SMILES string of the molecule is CCC1C(=O)Nc2c(C)cnn2C1=O. The van der Waals surface area contributed by atoms with Gasteiger partial charge in [0.25, 0.3) is 5.91 Å². The molecule has 74 valence electrons. The molecule has 0 fully saturated rings. The van der Waals surface area contributed by atoms with Gasteiger partial charge in [0.1, 0.15) is 11.7 Å². The van der Waals surface area contributed by atoms with E-state index >= 15 is 0 Å². The second-order valence-electron chi connectivity index (χ2n) is 3.38. The molecule has 0 aliphatic carbocycles. The molecule has 1 aliphatic heterocycles. The molecule has 0 saturated carbocycles. The van der Waals surface area contributed by atoms with Gasteiger partial charge in [-0.25, -0.2) is 0 Å². The zero-order chi connectivity index (χ0) is 10.3. The highest BCUT2D eigenvalue weighted by molar-refractivity contribution is 6.11. The number of carbonyl (C=O) groups is 2. The number of anilines is 1. The van der Waals surface area contributed by atoms with Gasteiger partial charge in [-0.1, -0.05) is 6.92 Å². The second kappa shape index (κ2) is 2.94. The van der Waals surface area contributed by atoms with Crippen LogP contribution in [0.4, 0.5) is 5.82 Å². The largest absolute Gasteiger partial charge is 0.310 e. The number of hydrogen-bond donors (Lipinski definition) is 1. The molecule has 1 N–H and O–H groups in total. The average Bonchev–Trinajstić information content (AvgIpc) is 2.49. The molecule has 0 aromatic carbocycles. The molecule has 1 unspecified atom stereocenters. The number of rotatable bonds is 1. The van der Waals surface area contributed by atoms with E-state index in [0.29, 0.717) is 12.2 Å². The third-order valence-corrected chi connectivity index (χ3v) is 2.43. The first kappa shape index (κ1) is 8.93. The Kier molecular flexibility index (Phi) is 1.87. The third-order valence-electron chi connectivity index (χ3n) is 2.43. The van der Waals surface area contributed by atoms with Crippen LogP contribution >= 0.6 is 0 Å². The number of carbonyl (C=O) groups excluding carboxylic acids is 2. The summed E-state index contributed by atoms with van der Waals surface area (Å²) in [4.78, 5) is 23.2. The lowest BCUT2D eigenvalue weighted by Crippen LogP contribution is -2.39. The number of fused-ring (bicyclic) bond motifs is 1. The Morgan fingerprint density at radius 2 is 2.29 bits per heavy atom. The van der Waals surface area contributed by atoms with Gasteiger partial charge in [-0.3, -0.25) is 9.59 Å². The minimum atomic E-state index is -0.596. The first-order valence-electron chi connectivity index (χ1n) is 4.55. The van der Waals surface area contributed by atoms with Crippen LogP contribution in [0, 0.1) is 12.8 Å². The van der Waals surface area contributed by atoms with Crippen LogP contribution in [-0.4, -0.2) is 21.6 Å². The van der Waals surface area contributed by atoms with Gasteiger partial charge in [-0.15, -0.1) is 0 Å². The zero-order valence-corrected chi connectivity index (χ0v) is 8.07. The van der Waals surface area contributed by atoms with E-state index in [-0.39, 0.29) is 11.8 Å². The maximum absolute atomic E-state index is 11.7. The topological polar surface area (TPSA) is 64.0 Å². The molecule has 5 heteroatoms. The summed E-state index contributed by atoms with van der Waals surface area (Å²) in [5.74, 6) is -0.556. The monoisotopic (exact) mass is 193 g/mol. The van der Waals surface area contributed by atoms with E-state index in [4.69, 9.17) is 0 Å². The fraction of sp³-hybridized carbons (Fsp3) is 0.444. The lowest BCUT2D eigenvalue weighted by Gasteiger charge is -2.20. The van der Waals surface area contributed by atoms with Crippen LogP contribution in [0.2, 0.25) is 0 Å². The molecule has 1 aliphatic rings. The zero-order valence-electron chi connectivity index (χ0n) is 8.07. The molecule has 1 aromatic heterocycles. The van der Waals surface area contributed by atoms with Crippen LogP contribution in [0.5, 0.6) is 0 Å². The fourth-order valence-electron chi connectivity index (χ4n) is 1.57. The van der Waals surface area contributed by atoms with Crippen LogP contribution in [-0.2, 0) is 4.79 Å². The first-order valence-corrected chi connectivity index (χ1v) is 4.55. The smallest absolute Gasteiger partial charge is 0.261 e. The molecule has 1 aromatic rings. The van der Waals surface area contributed by atoms with E-state index in [1.807, 2.05) is 6.92 Å². The highest BCUT2D eigenvalue weighted by Crippen LogP contribution is 2.22. The number of aryl methyl sites for hydroxylation is 1. The minimum absolute atomic E-state index is 0.228. The molecule has 0 radical (unpaired) electrons. The standard InChI is InChI=1S/C9H11N3O2/c1-3-6-8(13)11-7-5(2)4-10-12(7)9(6)14/h4,6H,3H2,1-2H3,(H,11,13). The maximum atomic E-state index is 11.7. The Bertz CT molecular complexity index is 408. The van der Waals surface area contributed by atoms with Gasteiger partial charge < -0.3 is 5.32 Å². The highest BCUT2D eigenvalue weighted by atomic mass is 16.2. The van der Waals surface area contributed by atoms with E-state index in [0.717, 1.165) is 5.56 Å². The van der Waals surface area contributed by atoms with E-state index in [9.17, 15) is 9.59 Å². The van der Waals surface area contributed by atoms with E-state index in [2.05, 4.69) is 10.4 Å². The van der Waals surface area contributed by atoms with E-state index in [1.165, 1.54) is 4.68 Å². The Labute approximate surface area is 81.1 Å². The number of hydrogen-bond acceptors (Lipinski definition) is 3. The Hall–Kier alpha value is -1.65. The minimum Gasteiger partial charge on any atom is -0.310 e. The summed E-state index contributed by atoms with van der Waals surface area (Å²) in [6, 6.07) is 0. The number of nitrogens with zero attached hydrogens (tertiary/aromatic N) is 2. The van der Waals surface area contributed by atoms with Crippen molar-refractivity contribution in [1.29, 1.82) is 0 Å². The van der Waals surface area contributed by atoms with Crippen molar-refractivity contribution in [3.8, 4) is 0 Å². The van der Waals surface area contributed by atoms with Gasteiger partial charge in [-0.2, -0.15) is 9.78 Å². The summed E-state index contributed by atoms with van der Waals surface area (Å²) in [5.41, 5.74) is 0.807. The Balaban J connectivity index is 2.50. The van der Waals surface area contributed by atoms with Gasteiger partial charge in [0.2, 0.25) is 5.91 Å². The molecule has 2 rings (SSSR count). The van der Waals surface area contributed by atoms with E-state index in [1.54, 1.807) is 13.1 Å². The van der Waals surface area contributed by atoms with Crippen molar-refractivity contribution < 1.29 is 9.59 Å². The summed E-state index contributed by atoms with van der Waals surface area (Å²) in [7, 11) is 0. The van der Waals surface area contributed by atoms with Crippen LogP contribution < -0.4 is 5.32 Å². The van der Waals surface area contributed by atoms with Crippen LogP contribution in [0.25, 0.3) is 0 Å². The van der Waals surface area contributed by atoms with Gasteiger partial charge in [0, 0.05) is 5.56 Å². The molecule has 2 heterocycles. The predicted octanol–water partition coefficient (Wildman–Crippen LogP) is 0.810. The van der Waals surface area contributed by atoms with Crippen molar-refractivity contribution in [3.63, 3.8) is 0 Å². The molecule has 0 spiro atoms. The lowest BCUT2D eigenvalue weighted by molar-refractivity contribution is -0.119. The third kappa shape index (κ3) is 1.05. The van der Waals surface area contributed by atoms with Crippen LogP contribution in [0.3, 0.4) is 0 Å². The van der Waals surface area contributed by atoms with Crippen molar-refractivity contribution >= 4 is 17.6 Å². The molecule has 5 nitrogen and oxygen atoms in total. The summed E-state index contributed by atoms with van der Waals surface area (Å²) in [6.45, 7) is 3.61. The second-order valence-corrected chi connectivity index (χ2v) is 3.38. The highest BCUT2D eigenvalue weighted by Gasteiger charge is 2.34. The van der Waals surface area contributed by atoms with Crippen molar-refractivity contribution in [2.75, 3.05) is 5.32 Å². The summed E-state index contributed by atoms with van der Waals surface area (Å²) in [5, 5.41) is 6.60.